The van der Waals surface area contributed by atoms with Crippen LogP contribution in [-0.2, 0) is 0 Å². The van der Waals surface area contributed by atoms with E-state index in [1.54, 1.807) is 0 Å². The first-order chi connectivity index (χ1) is 8.47. The van der Waals surface area contributed by atoms with Gasteiger partial charge in [-0.2, -0.15) is 0 Å². The summed E-state index contributed by atoms with van der Waals surface area (Å²) in [7, 11) is 0. The monoisotopic (exact) mass is 287 g/mol. The molecule has 0 fully saturated rings. The Balaban J connectivity index is 2.27. The fourth-order valence-corrected chi connectivity index (χ4v) is 1.94. The number of aromatic amines is 1. The van der Waals surface area contributed by atoms with Crippen LogP contribution in [0.4, 0.5) is 15.8 Å². The highest BCUT2D eigenvalue weighted by Crippen LogP contribution is 2.31. The highest BCUT2D eigenvalue weighted by molar-refractivity contribution is 6.40. The Morgan fingerprint density at radius 1 is 1.28 bits per heavy atom. The van der Waals surface area contributed by atoms with E-state index < -0.39 is 11.7 Å². The molecule has 1 aromatic heterocycles. The summed E-state index contributed by atoms with van der Waals surface area (Å²) < 4.78 is 13.0. The largest absolute Gasteiger partial charge is 0.397 e. The van der Waals surface area contributed by atoms with E-state index in [0.717, 1.165) is 12.1 Å². The van der Waals surface area contributed by atoms with Crippen LogP contribution in [0.5, 0.6) is 0 Å². The van der Waals surface area contributed by atoms with Crippen LogP contribution in [-0.4, -0.2) is 10.9 Å². The molecule has 0 aliphatic carbocycles. The maximum atomic E-state index is 13.0. The smallest absolute Gasteiger partial charge is 0.272 e. The lowest BCUT2D eigenvalue weighted by molar-refractivity contribution is 0.102. The molecule has 0 radical (unpaired) electrons. The number of aromatic nitrogens is 1. The molecule has 0 aliphatic heterocycles. The van der Waals surface area contributed by atoms with Gasteiger partial charge in [-0.1, -0.05) is 23.2 Å². The predicted molar refractivity (Wildman–Crippen MR) is 69.6 cm³/mol. The number of nitrogens with two attached hydrogens (primary N) is 1. The van der Waals surface area contributed by atoms with Crippen LogP contribution < -0.4 is 11.1 Å². The number of nitrogen functional groups attached to an aromatic ring is 1. The van der Waals surface area contributed by atoms with Gasteiger partial charge in [0.15, 0.2) is 0 Å². The first-order valence-electron chi connectivity index (χ1n) is 4.87. The Morgan fingerprint density at radius 3 is 2.39 bits per heavy atom. The number of hydrogen-bond donors (Lipinski definition) is 3. The van der Waals surface area contributed by atoms with E-state index in [2.05, 4.69) is 10.3 Å². The van der Waals surface area contributed by atoms with Gasteiger partial charge < -0.3 is 16.0 Å². The van der Waals surface area contributed by atoms with E-state index in [1.165, 1.54) is 12.3 Å². The summed E-state index contributed by atoms with van der Waals surface area (Å²) in [6.45, 7) is 0. The van der Waals surface area contributed by atoms with Crippen LogP contribution in [0.15, 0.2) is 24.4 Å². The minimum atomic E-state index is -0.577. The molecule has 1 amide bonds. The Morgan fingerprint density at radius 2 is 1.89 bits per heavy atom. The quantitative estimate of drug-likeness (QED) is 0.793. The third kappa shape index (κ3) is 2.57. The van der Waals surface area contributed by atoms with Crippen LogP contribution in [0.25, 0.3) is 0 Å². The third-order valence-corrected chi connectivity index (χ3v) is 2.79. The molecule has 4 nitrogen and oxygen atoms in total. The Hall–Kier alpha value is -1.72. The van der Waals surface area contributed by atoms with Crippen molar-refractivity contribution in [3.8, 4) is 0 Å². The van der Waals surface area contributed by atoms with Crippen LogP contribution in [0.1, 0.15) is 10.5 Å². The Kier molecular flexibility index (Phi) is 3.45. The van der Waals surface area contributed by atoms with Crippen molar-refractivity contribution in [3.63, 3.8) is 0 Å². The van der Waals surface area contributed by atoms with E-state index in [-0.39, 0.29) is 21.4 Å². The second-order valence-electron chi connectivity index (χ2n) is 3.55. The van der Waals surface area contributed by atoms with Gasteiger partial charge in [-0.25, -0.2) is 4.39 Å². The average Bonchev–Trinajstić information content (AvgIpc) is 2.70. The molecule has 0 spiro atoms. The van der Waals surface area contributed by atoms with Crippen molar-refractivity contribution in [3.05, 3.63) is 46.0 Å². The molecule has 0 saturated carbocycles. The van der Waals surface area contributed by atoms with Gasteiger partial charge in [0.1, 0.15) is 11.5 Å². The van der Waals surface area contributed by atoms with Crippen LogP contribution in [0.3, 0.4) is 0 Å². The number of H-pyrrole nitrogens is 1. The van der Waals surface area contributed by atoms with Gasteiger partial charge >= 0.3 is 0 Å². The minimum absolute atomic E-state index is 0.0212. The number of nitrogens with one attached hydrogen (secondary N) is 2. The molecule has 0 unspecified atom stereocenters. The zero-order valence-electron chi connectivity index (χ0n) is 8.93. The molecule has 7 heteroatoms. The molecular weight excluding hydrogens is 280 g/mol. The lowest BCUT2D eigenvalue weighted by Crippen LogP contribution is -2.13. The van der Waals surface area contributed by atoms with Gasteiger partial charge in [0, 0.05) is 11.9 Å². The molecule has 0 saturated heterocycles. The van der Waals surface area contributed by atoms with Crippen LogP contribution >= 0.6 is 23.2 Å². The molecule has 4 N–H and O–H groups in total. The van der Waals surface area contributed by atoms with Crippen molar-refractivity contribution in [1.29, 1.82) is 0 Å². The van der Waals surface area contributed by atoms with Gasteiger partial charge in [-0.3, -0.25) is 4.79 Å². The molecule has 0 aliphatic rings. The number of halogens is 3. The number of hydrogen-bond acceptors (Lipinski definition) is 2. The predicted octanol–water partition coefficient (Wildman–Crippen LogP) is 3.30. The SMILES string of the molecule is Nc1c[nH]c(C(=O)Nc2c(Cl)cc(F)cc2Cl)c1. The summed E-state index contributed by atoms with van der Waals surface area (Å²) in [5.74, 6) is -1.05. The van der Waals surface area contributed by atoms with E-state index in [9.17, 15) is 9.18 Å². The maximum Gasteiger partial charge on any atom is 0.272 e. The number of benzene rings is 1. The molecule has 18 heavy (non-hydrogen) atoms. The third-order valence-electron chi connectivity index (χ3n) is 2.20. The second-order valence-corrected chi connectivity index (χ2v) is 4.36. The summed E-state index contributed by atoms with van der Waals surface area (Å²) >= 11 is 11.6. The number of rotatable bonds is 2. The fraction of sp³-hybridized carbons (Fsp3) is 0. The molecule has 1 heterocycles. The minimum Gasteiger partial charge on any atom is -0.397 e. The zero-order valence-corrected chi connectivity index (χ0v) is 10.4. The lowest BCUT2D eigenvalue weighted by atomic mass is 10.3. The Bertz CT molecular complexity index is 589. The second kappa shape index (κ2) is 4.88. The molecule has 2 rings (SSSR count). The highest BCUT2D eigenvalue weighted by Gasteiger charge is 2.14. The summed E-state index contributed by atoms with van der Waals surface area (Å²) in [4.78, 5) is 14.5. The fourth-order valence-electron chi connectivity index (χ4n) is 1.38. The van der Waals surface area contributed by atoms with E-state index in [1.807, 2.05) is 0 Å². The van der Waals surface area contributed by atoms with Gasteiger partial charge in [0.25, 0.3) is 5.91 Å². The number of carbonyl (C=O) groups is 1. The number of carbonyl (C=O) groups excluding carboxylic acids is 1. The van der Waals surface area contributed by atoms with Crippen molar-refractivity contribution >= 4 is 40.5 Å². The van der Waals surface area contributed by atoms with Crippen LogP contribution in [0, 0.1) is 5.82 Å². The zero-order chi connectivity index (χ0) is 13.3. The summed E-state index contributed by atoms with van der Waals surface area (Å²) in [5, 5.41) is 2.52. The standard InChI is InChI=1S/C11H8Cl2FN3O/c12-7-1-5(14)2-8(13)10(7)17-11(18)9-3-6(15)4-16-9/h1-4,16H,15H2,(H,17,18). The van der Waals surface area contributed by atoms with Gasteiger partial charge in [-0.15, -0.1) is 0 Å². The Labute approximate surface area is 112 Å². The molecule has 2 aromatic rings. The van der Waals surface area contributed by atoms with Gasteiger partial charge in [-0.05, 0) is 18.2 Å². The van der Waals surface area contributed by atoms with Crippen molar-refractivity contribution < 1.29 is 9.18 Å². The first-order valence-corrected chi connectivity index (χ1v) is 5.63. The van der Waals surface area contributed by atoms with Gasteiger partial charge in [0.05, 0.1) is 15.7 Å². The number of amides is 1. The normalized spacial score (nSPS) is 10.4. The van der Waals surface area contributed by atoms with Crippen molar-refractivity contribution in [2.24, 2.45) is 0 Å². The number of anilines is 2. The van der Waals surface area contributed by atoms with Crippen molar-refractivity contribution in [2.75, 3.05) is 11.1 Å². The summed E-state index contributed by atoms with van der Waals surface area (Å²) in [6, 6.07) is 3.58. The molecular formula is C11H8Cl2FN3O. The summed E-state index contributed by atoms with van der Waals surface area (Å²) in [6.07, 6.45) is 1.47. The average molecular weight is 288 g/mol. The van der Waals surface area contributed by atoms with Crippen molar-refractivity contribution in [2.45, 2.75) is 0 Å². The first kappa shape index (κ1) is 12.7. The maximum absolute atomic E-state index is 13.0. The molecule has 1 aromatic carbocycles. The molecule has 94 valence electrons. The molecule has 0 bridgehead atoms. The highest BCUT2D eigenvalue weighted by atomic mass is 35.5. The lowest BCUT2D eigenvalue weighted by Gasteiger charge is -2.08. The topological polar surface area (TPSA) is 70.9 Å². The van der Waals surface area contributed by atoms with Crippen LogP contribution in [0.2, 0.25) is 10.0 Å². The van der Waals surface area contributed by atoms with E-state index in [4.69, 9.17) is 28.9 Å². The summed E-state index contributed by atoms with van der Waals surface area (Å²) in [5.41, 5.74) is 6.31. The van der Waals surface area contributed by atoms with Gasteiger partial charge in [0.2, 0.25) is 0 Å². The van der Waals surface area contributed by atoms with E-state index in [0.29, 0.717) is 5.69 Å². The van der Waals surface area contributed by atoms with Crippen molar-refractivity contribution in [1.82, 2.24) is 4.98 Å². The molecule has 0 atom stereocenters. The van der Waals surface area contributed by atoms with E-state index >= 15 is 0 Å².